The van der Waals surface area contributed by atoms with Crippen LogP contribution in [0, 0.1) is 0 Å². The molecule has 3 nitrogen and oxygen atoms in total. The first-order valence-electron chi connectivity index (χ1n) is 16.4. The summed E-state index contributed by atoms with van der Waals surface area (Å²) in [7, 11) is 0. The summed E-state index contributed by atoms with van der Waals surface area (Å²) in [5.41, 5.74) is 5.31. The second-order valence-electron chi connectivity index (χ2n) is 12.4. The van der Waals surface area contributed by atoms with Crippen LogP contribution in [0.4, 0.5) is 0 Å². The molecule has 0 fully saturated rings. The van der Waals surface area contributed by atoms with E-state index in [1.165, 1.54) is 51.8 Å². The molecular formula is C45H27N3Se. The van der Waals surface area contributed by atoms with Crippen molar-refractivity contribution in [3.05, 3.63) is 164 Å². The van der Waals surface area contributed by atoms with Gasteiger partial charge in [0.1, 0.15) is 0 Å². The Labute approximate surface area is 288 Å². The molecule has 0 aliphatic rings. The number of nitrogens with zero attached hydrogens (tertiary/aromatic N) is 3. The van der Waals surface area contributed by atoms with Gasteiger partial charge < -0.3 is 0 Å². The van der Waals surface area contributed by atoms with E-state index in [4.69, 9.17) is 15.0 Å². The van der Waals surface area contributed by atoms with E-state index in [0.717, 1.165) is 27.6 Å². The fraction of sp³-hybridized carbons (Fsp3) is 0. The third kappa shape index (κ3) is 4.69. The van der Waals surface area contributed by atoms with Crippen molar-refractivity contribution in [2.24, 2.45) is 0 Å². The Bertz CT molecular complexity index is 2820. The van der Waals surface area contributed by atoms with Crippen molar-refractivity contribution in [1.29, 1.82) is 0 Å². The number of rotatable bonds is 4. The van der Waals surface area contributed by atoms with Crippen molar-refractivity contribution in [2.75, 3.05) is 0 Å². The maximum absolute atomic E-state index is 5.18. The van der Waals surface area contributed by atoms with Gasteiger partial charge in [0.15, 0.2) is 0 Å². The monoisotopic (exact) mass is 689 g/mol. The number of benzene rings is 8. The van der Waals surface area contributed by atoms with Crippen LogP contribution in [0.25, 0.3) is 96.9 Å². The van der Waals surface area contributed by atoms with Crippen LogP contribution in [0.1, 0.15) is 0 Å². The average Bonchev–Trinajstić information content (AvgIpc) is 3.57. The summed E-state index contributed by atoms with van der Waals surface area (Å²) in [5.74, 6) is 2.00. The first-order valence-corrected chi connectivity index (χ1v) is 18.2. The predicted octanol–water partition coefficient (Wildman–Crippen LogP) is 11.4. The van der Waals surface area contributed by atoms with Crippen molar-refractivity contribution in [3.63, 3.8) is 0 Å². The van der Waals surface area contributed by atoms with Gasteiger partial charge in [-0.3, -0.25) is 0 Å². The summed E-state index contributed by atoms with van der Waals surface area (Å²) in [6.07, 6.45) is 0. The minimum absolute atomic E-state index is 0.0946. The summed E-state index contributed by atoms with van der Waals surface area (Å²) >= 11 is 0.0946. The molecule has 0 saturated heterocycles. The topological polar surface area (TPSA) is 38.7 Å². The zero-order valence-corrected chi connectivity index (χ0v) is 28.1. The van der Waals surface area contributed by atoms with Gasteiger partial charge in [-0.25, -0.2) is 0 Å². The summed E-state index contributed by atoms with van der Waals surface area (Å²) in [5, 5.41) is 10.3. The van der Waals surface area contributed by atoms with Gasteiger partial charge in [-0.1, -0.05) is 0 Å². The Morgan fingerprint density at radius 1 is 0.327 bits per heavy atom. The van der Waals surface area contributed by atoms with Gasteiger partial charge in [-0.05, 0) is 0 Å². The first kappa shape index (κ1) is 28.1. The van der Waals surface area contributed by atoms with Crippen LogP contribution in [-0.2, 0) is 0 Å². The van der Waals surface area contributed by atoms with Crippen LogP contribution in [0.15, 0.2) is 164 Å². The quantitative estimate of drug-likeness (QED) is 0.136. The summed E-state index contributed by atoms with van der Waals surface area (Å²) in [4.78, 5) is 15.4. The molecule has 2 heterocycles. The van der Waals surface area contributed by atoms with E-state index < -0.39 is 0 Å². The third-order valence-electron chi connectivity index (χ3n) is 9.49. The van der Waals surface area contributed by atoms with Crippen LogP contribution in [0.5, 0.6) is 0 Å². The molecule has 0 saturated carbocycles. The van der Waals surface area contributed by atoms with E-state index in [9.17, 15) is 0 Å². The van der Waals surface area contributed by atoms with E-state index in [1.807, 2.05) is 36.4 Å². The van der Waals surface area contributed by atoms with E-state index in [0.29, 0.717) is 17.5 Å². The van der Waals surface area contributed by atoms with Crippen molar-refractivity contribution < 1.29 is 0 Å². The second-order valence-corrected chi connectivity index (χ2v) is 14.5. The molecular weight excluding hydrogens is 661 g/mol. The number of fused-ring (bicyclic) bond motifs is 8. The Hall–Kier alpha value is -5.93. The molecule has 0 atom stereocenters. The van der Waals surface area contributed by atoms with Crippen molar-refractivity contribution >= 4 is 66.1 Å². The standard InChI is InChI=1S/C45H27N3Se/c1-3-13-30(14-4-1)43-46-44(31-15-5-2-6-16-31)48-45(47-43)39-27-33-18-8-7-17-32(33)26-38(39)36-21-11-20-35-37-25-24-29-23-22-28-12-9-10-19-34(28)40(29)42(37)49-41(35)36/h1-27H. The normalized spacial score (nSPS) is 11.7. The van der Waals surface area contributed by atoms with E-state index in [2.05, 4.69) is 127 Å². The van der Waals surface area contributed by atoms with E-state index >= 15 is 0 Å². The summed E-state index contributed by atoms with van der Waals surface area (Å²) in [6, 6.07) is 58.3. The van der Waals surface area contributed by atoms with Crippen LogP contribution in [0.3, 0.4) is 0 Å². The molecule has 49 heavy (non-hydrogen) atoms. The van der Waals surface area contributed by atoms with Crippen LogP contribution in [-0.4, -0.2) is 29.5 Å². The third-order valence-corrected chi connectivity index (χ3v) is 12.2. The van der Waals surface area contributed by atoms with E-state index in [1.54, 1.807) is 0 Å². The maximum atomic E-state index is 5.18. The van der Waals surface area contributed by atoms with Crippen LogP contribution in [0.2, 0.25) is 0 Å². The molecule has 0 spiro atoms. The molecule has 10 aromatic rings. The Balaban J connectivity index is 1.28. The zero-order valence-electron chi connectivity index (χ0n) is 26.3. The van der Waals surface area contributed by atoms with Gasteiger partial charge in [0.25, 0.3) is 0 Å². The number of hydrogen-bond acceptors (Lipinski definition) is 3. The minimum atomic E-state index is 0.0946. The summed E-state index contributed by atoms with van der Waals surface area (Å²) < 4.78 is 2.87. The van der Waals surface area contributed by atoms with Gasteiger partial charge in [-0.15, -0.1) is 0 Å². The molecule has 228 valence electrons. The van der Waals surface area contributed by atoms with Gasteiger partial charge >= 0.3 is 290 Å². The molecule has 0 bridgehead atoms. The van der Waals surface area contributed by atoms with Gasteiger partial charge in [0.05, 0.1) is 0 Å². The molecule has 0 unspecified atom stereocenters. The predicted molar refractivity (Wildman–Crippen MR) is 206 cm³/mol. The summed E-state index contributed by atoms with van der Waals surface area (Å²) in [6.45, 7) is 0. The molecule has 0 aliphatic carbocycles. The van der Waals surface area contributed by atoms with Gasteiger partial charge in [0.2, 0.25) is 0 Å². The van der Waals surface area contributed by atoms with Crippen molar-refractivity contribution in [2.45, 2.75) is 0 Å². The Kier molecular flexibility index (Phi) is 6.51. The molecule has 8 aromatic carbocycles. The van der Waals surface area contributed by atoms with Crippen LogP contribution < -0.4 is 0 Å². The first-order chi connectivity index (χ1) is 24.3. The molecule has 0 aliphatic heterocycles. The van der Waals surface area contributed by atoms with Gasteiger partial charge in [-0.2, -0.15) is 0 Å². The Morgan fingerprint density at radius 3 is 1.57 bits per heavy atom. The van der Waals surface area contributed by atoms with Gasteiger partial charge in [0, 0.05) is 0 Å². The van der Waals surface area contributed by atoms with Crippen LogP contribution >= 0.6 is 0 Å². The SMILES string of the molecule is c1ccc(-c2nc(-c3ccccc3)nc(-c3cc4ccccc4cc3-c3cccc4c3[se]c3c4ccc4ccc5ccccc5c43)n2)cc1. The fourth-order valence-electron chi connectivity index (χ4n) is 7.13. The number of aromatic nitrogens is 3. The van der Waals surface area contributed by atoms with Crippen molar-refractivity contribution in [3.8, 4) is 45.3 Å². The molecule has 2 aromatic heterocycles. The Morgan fingerprint density at radius 2 is 0.857 bits per heavy atom. The molecule has 10 rings (SSSR count). The average molecular weight is 689 g/mol. The van der Waals surface area contributed by atoms with E-state index in [-0.39, 0.29) is 14.5 Å². The zero-order chi connectivity index (χ0) is 32.3. The second kappa shape index (κ2) is 11.3. The molecule has 0 N–H and O–H groups in total. The number of hydrogen-bond donors (Lipinski definition) is 0. The molecule has 4 heteroatoms. The molecule has 0 amide bonds. The van der Waals surface area contributed by atoms with Crippen molar-refractivity contribution in [1.82, 2.24) is 15.0 Å². The molecule has 0 radical (unpaired) electrons. The fourth-order valence-corrected chi connectivity index (χ4v) is 10.1.